The molecule has 0 radical (unpaired) electrons. The molecule has 0 aliphatic carbocycles. The van der Waals surface area contributed by atoms with Crippen molar-refractivity contribution >= 4 is 34.3 Å². The van der Waals surface area contributed by atoms with Crippen LogP contribution in [-0.4, -0.2) is 31.9 Å². The van der Waals surface area contributed by atoms with E-state index in [0.717, 1.165) is 5.56 Å². The van der Waals surface area contributed by atoms with Gasteiger partial charge in [0.05, 0.1) is 28.1 Å². The number of thioether (sulfide) groups is 1. The average Bonchev–Trinajstić information content (AvgIpc) is 2.82. The normalized spacial score (nSPS) is 11.5. The lowest BCUT2D eigenvalue weighted by atomic mass is 10.2. The summed E-state index contributed by atoms with van der Waals surface area (Å²) in [6.45, 7) is 1.81. The highest BCUT2D eigenvalue weighted by Gasteiger charge is 2.14. The Labute approximate surface area is 182 Å². The van der Waals surface area contributed by atoms with Crippen LogP contribution in [0.3, 0.4) is 0 Å². The van der Waals surface area contributed by atoms with Crippen molar-refractivity contribution in [1.82, 2.24) is 20.0 Å². The number of benzene rings is 2. The second kappa shape index (κ2) is 9.36. The fourth-order valence-electron chi connectivity index (χ4n) is 2.98. The zero-order valence-corrected chi connectivity index (χ0v) is 17.5. The number of nitrogens with one attached hydrogen (secondary N) is 1. The molecule has 0 aliphatic heterocycles. The first-order valence-electron chi connectivity index (χ1n) is 9.57. The molecule has 0 saturated heterocycles. The molecule has 2 aromatic carbocycles. The second-order valence-corrected chi connectivity index (χ2v) is 7.59. The van der Waals surface area contributed by atoms with Gasteiger partial charge in [0.1, 0.15) is 0 Å². The molecule has 0 atom stereocenters. The van der Waals surface area contributed by atoms with Gasteiger partial charge >= 0.3 is 0 Å². The van der Waals surface area contributed by atoms with Crippen LogP contribution in [0, 0.1) is 0 Å². The maximum absolute atomic E-state index is 13.1. The number of aromatic nitrogens is 3. The Morgan fingerprint density at radius 3 is 2.52 bits per heavy atom. The number of hydrazone groups is 1. The average molecular weight is 430 g/mol. The lowest BCUT2D eigenvalue weighted by molar-refractivity contribution is -0.118. The van der Waals surface area contributed by atoms with Gasteiger partial charge in [0.15, 0.2) is 5.16 Å². The highest BCUT2D eigenvalue weighted by molar-refractivity contribution is 7.99. The number of para-hydroxylation sites is 2. The van der Waals surface area contributed by atoms with Crippen molar-refractivity contribution in [3.05, 3.63) is 95.0 Å². The molecule has 0 bridgehead atoms. The SMILES string of the molecule is C/C(=N/NC(=O)CSc1nc2ccccc2c(=O)n1-c1ccccc1)c1ccncc1. The predicted octanol–water partition coefficient (Wildman–Crippen LogP) is 3.41. The molecule has 7 nitrogen and oxygen atoms in total. The molecule has 0 saturated carbocycles. The van der Waals surface area contributed by atoms with Crippen LogP contribution in [0.1, 0.15) is 12.5 Å². The van der Waals surface area contributed by atoms with E-state index in [1.54, 1.807) is 31.5 Å². The van der Waals surface area contributed by atoms with Gasteiger partial charge in [-0.25, -0.2) is 10.4 Å². The lowest BCUT2D eigenvalue weighted by Crippen LogP contribution is -2.24. The third-order valence-corrected chi connectivity index (χ3v) is 5.48. The molecule has 1 amide bonds. The first kappa shape index (κ1) is 20.5. The minimum Gasteiger partial charge on any atom is -0.272 e. The van der Waals surface area contributed by atoms with Crippen molar-refractivity contribution < 1.29 is 4.79 Å². The van der Waals surface area contributed by atoms with Crippen molar-refractivity contribution in [3.8, 4) is 5.69 Å². The monoisotopic (exact) mass is 429 g/mol. The van der Waals surface area contributed by atoms with Gasteiger partial charge in [-0.15, -0.1) is 0 Å². The number of hydrogen-bond donors (Lipinski definition) is 1. The second-order valence-electron chi connectivity index (χ2n) is 6.64. The minimum atomic E-state index is -0.291. The Morgan fingerprint density at radius 2 is 1.74 bits per heavy atom. The maximum Gasteiger partial charge on any atom is 0.266 e. The summed E-state index contributed by atoms with van der Waals surface area (Å²) >= 11 is 1.19. The van der Waals surface area contributed by atoms with Crippen molar-refractivity contribution in [1.29, 1.82) is 0 Å². The van der Waals surface area contributed by atoms with Gasteiger partial charge in [-0.3, -0.25) is 19.1 Å². The molecule has 4 aromatic rings. The predicted molar refractivity (Wildman–Crippen MR) is 123 cm³/mol. The van der Waals surface area contributed by atoms with Gasteiger partial charge in [-0.05, 0) is 43.3 Å². The van der Waals surface area contributed by atoms with E-state index in [-0.39, 0.29) is 17.2 Å². The molecule has 4 rings (SSSR count). The summed E-state index contributed by atoms with van der Waals surface area (Å²) in [7, 11) is 0. The number of amides is 1. The first-order chi connectivity index (χ1) is 15.1. The van der Waals surface area contributed by atoms with Crippen LogP contribution >= 0.6 is 11.8 Å². The Morgan fingerprint density at radius 1 is 1.03 bits per heavy atom. The Kier molecular flexibility index (Phi) is 6.18. The van der Waals surface area contributed by atoms with Crippen LogP contribution in [0.5, 0.6) is 0 Å². The van der Waals surface area contributed by atoms with Crippen LogP contribution in [0.15, 0.2) is 94.2 Å². The molecular formula is C23H19N5O2S. The number of pyridine rings is 1. The van der Waals surface area contributed by atoms with E-state index in [1.165, 1.54) is 16.3 Å². The third-order valence-electron chi connectivity index (χ3n) is 4.54. The van der Waals surface area contributed by atoms with Crippen molar-refractivity contribution in [2.24, 2.45) is 5.10 Å². The summed E-state index contributed by atoms with van der Waals surface area (Å²) < 4.78 is 1.53. The van der Waals surface area contributed by atoms with Crippen LogP contribution in [0.25, 0.3) is 16.6 Å². The molecule has 0 unspecified atom stereocenters. The van der Waals surface area contributed by atoms with Gasteiger partial charge in [-0.2, -0.15) is 5.10 Å². The molecular weight excluding hydrogens is 410 g/mol. The molecule has 1 N–H and O–H groups in total. The zero-order valence-electron chi connectivity index (χ0n) is 16.7. The van der Waals surface area contributed by atoms with E-state index >= 15 is 0 Å². The van der Waals surface area contributed by atoms with Gasteiger partial charge in [0, 0.05) is 18.0 Å². The summed E-state index contributed by atoms with van der Waals surface area (Å²) in [6, 6.07) is 20.1. The van der Waals surface area contributed by atoms with Gasteiger partial charge in [0.25, 0.3) is 11.5 Å². The molecule has 31 heavy (non-hydrogen) atoms. The highest BCUT2D eigenvalue weighted by atomic mass is 32.2. The topological polar surface area (TPSA) is 89.2 Å². The summed E-state index contributed by atoms with van der Waals surface area (Å²) in [5.74, 6) is -0.231. The van der Waals surface area contributed by atoms with Crippen molar-refractivity contribution in [2.45, 2.75) is 12.1 Å². The van der Waals surface area contributed by atoms with E-state index in [9.17, 15) is 9.59 Å². The number of carbonyl (C=O) groups excluding carboxylic acids is 1. The summed E-state index contributed by atoms with van der Waals surface area (Å²) in [5, 5.41) is 5.11. The zero-order chi connectivity index (χ0) is 21.6. The molecule has 154 valence electrons. The van der Waals surface area contributed by atoms with E-state index < -0.39 is 0 Å². The van der Waals surface area contributed by atoms with Gasteiger partial charge < -0.3 is 0 Å². The quantitative estimate of drug-likeness (QED) is 0.220. The molecule has 0 aliphatic rings. The van der Waals surface area contributed by atoms with Crippen LogP contribution in [-0.2, 0) is 4.79 Å². The maximum atomic E-state index is 13.1. The first-order valence-corrected chi connectivity index (χ1v) is 10.6. The fourth-order valence-corrected chi connectivity index (χ4v) is 3.79. The lowest BCUT2D eigenvalue weighted by Gasteiger charge is -2.12. The van der Waals surface area contributed by atoms with Crippen LogP contribution in [0.4, 0.5) is 0 Å². The standard InChI is InChI=1S/C23H19N5O2S/c1-16(17-11-13-24-14-12-17)26-27-21(29)15-31-23-25-20-10-6-5-9-19(20)22(30)28(23)18-7-3-2-4-8-18/h2-14H,15H2,1H3,(H,27,29)/b26-16-. The minimum absolute atomic E-state index is 0.0603. The Bertz CT molecular complexity index is 1300. The number of nitrogens with zero attached hydrogens (tertiary/aromatic N) is 4. The largest absolute Gasteiger partial charge is 0.272 e. The highest BCUT2D eigenvalue weighted by Crippen LogP contribution is 2.21. The number of hydrogen-bond acceptors (Lipinski definition) is 6. The summed E-state index contributed by atoms with van der Waals surface area (Å²) in [5.41, 5.74) is 5.21. The van der Waals surface area contributed by atoms with Crippen molar-refractivity contribution in [2.75, 3.05) is 5.75 Å². The molecule has 2 aromatic heterocycles. The Hall–Kier alpha value is -3.78. The number of fused-ring (bicyclic) bond motifs is 1. The van der Waals surface area contributed by atoms with E-state index in [0.29, 0.717) is 27.5 Å². The summed E-state index contributed by atoms with van der Waals surface area (Å²) in [6.07, 6.45) is 3.33. The molecule has 8 heteroatoms. The van der Waals surface area contributed by atoms with Crippen LogP contribution < -0.4 is 11.0 Å². The smallest absolute Gasteiger partial charge is 0.266 e. The van der Waals surface area contributed by atoms with E-state index in [2.05, 4.69) is 20.5 Å². The molecule has 0 fully saturated rings. The fraction of sp³-hybridized carbons (Fsp3) is 0.0870. The molecule has 0 spiro atoms. The van der Waals surface area contributed by atoms with E-state index in [1.807, 2.05) is 54.6 Å². The van der Waals surface area contributed by atoms with Crippen LogP contribution in [0.2, 0.25) is 0 Å². The Balaban J connectivity index is 1.58. The van der Waals surface area contributed by atoms with Crippen molar-refractivity contribution in [3.63, 3.8) is 0 Å². The van der Waals surface area contributed by atoms with Gasteiger partial charge in [-0.1, -0.05) is 42.1 Å². The third kappa shape index (κ3) is 4.70. The summed E-state index contributed by atoms with van der Waals surface area (Å²) in [4.78, 5) is 34.1. The van der Waals surface area contributed by atoms with E-state index in [4.69, 9.17) is 0 Å². The van der Waals surface area contributed by atoms with Gasteiger partial charge in [0.2, 0.25) is 0 Å². The number of carbonyl (C=O) groups is 1. The molecule has 2 heterocycles. The number of rotatable bonds is 6.